The Balaban J connectivity index is 1.93. The molecule has 7 nitrogen and oxygen atoms in total. The first kappa shape index (κ1) is 21.0. The highest BCUT2D eigenvalue weighted by Crippen LogP contribution is 2.23. The van der Waals surface area contributed by atoms with E-state index in [1.165, 1.54) is 5.69 Å². The van der Waals surface area contributed by atoms with E-state index in [1.807, 2.05) is 31.5 Å². The predicted molar refractivity (Wildman–Crippen MR) is 108 cm³/mol. The first-order valence-corrected chi connectivity index (χ1v) is 9.53. The Morgan fingerprint density at radius 3 is 2.63 bits per heavy atom. The highest BCUT2D eigenvalue weighted by atomic mass is 16.4. The largest absolute Gasteiger partial charge is 0.463 e. The number of furan rings is 1. The molecule has 2 rings (SSSR count). The summed E-state index contributed by atoms with van der Waals surface area (Å²) in [4.78, 5) is 4.53. The van der Waals surface area contributed by atoms with Crippen molar-refractivity contribution in [3.8, 4) is 0 Å². The Morgan fingerprint density at radius 1 is 1.33 bits per heavy atom. The van der Waals surface area contributed by atoms with Gasteiger partial charge in [-0.15, -0.1) is 0 Å². The van der Waals surface area contributed by atoms with Crippen molar-refractivity contribution in [3.05, 3.63) is 41.1 Å². The molecule has 150 valence electrons. The number of aromatic nitrogens is 2. The second-order valence-electron chi connectivity index (χ2n) is 7.47. The summed E-state index contributed by atoms with van der Waals surface area (Å²) in [6.45, 7) is 14.4. The maximum atomic E-state index is 10.7. The summed E-state index contributed by atoms with van der Waals surface area (Å²) < 4.78 is 7.59. The highest BCUT2D eigenvalue weighted by Gasteiger charge is 2.26. The Morgan fingerprint density at radius 2 is 2.07 bits per heavy atom. The molecule has 0 saturated heterocycles. The van der Waals surface area contributed by atoms with E-state index in [4.69, 9.17) is 4.42 Å². The van der Waals surface area contributed by atoms with Crippen molar-refractivity contribution < 1.29 is 9.52 Å². The summed E-state index contributed by atoms with van der Waals surface area (Å²) >= 11 is 0. The van der Waals surface area contributed by atoms with E-state index < -0.39 is 5.60 Å². The minimum absolute atomic E-state index is 0.209. The lowest BCUT2D eigenvalue weighted by Gasteiger charge is -2.20. The summed E-state index contributed by atoms with van der Waals surface area (Å²) in [5, 5.41) is 21.7. The van der Waals surface area contributed by atoms with Crippen LogP contribution in [0.15, 0.2) is 27.6 Å². The number of nitrogens with one attached hydrogen (secondary N) is 2. The van der Waals surface area contributed by atoms with Gasteiger partial charge in [-0.1, -0.05) is 6.92 Å². The topological polar surface area (TPSA) is 87.6 Å². The first-order valence-electron chi connectivity index (χ1n) is 9.53. The third-order valence-electron chi connectivity index (χ3n) is 4.37. The van der Waals surface area contributed by atoms with Crippen molar-refractivity contribution in [3.63, 3.8) is 0 Å². The van der Waals surface area contributed by atoms with Crippen LogP contribution in [0.2, 0.25) is 0 Å². The lowest BCUT2D eigenvalue weighted by molar-refractivity contribution is 0.0428. The number of aryl methyl sites for hydroxylation is 3. The minimum atomic E-state index is -1.15. The van der Waals surface area contributed by atoms with Gasteiger partial charge in [0.05, 0.1) is 12.2 Å². The van der Waals surface area contributed by atoms with E-state index in [2.05, 4.69) is 40.6 Å². The lowest BCUT2D eigenvalue weighted by atomic mass is 10.0. The number of nitrogens with zero attached hydrogens (tertiary/aromatic N) is 3. The standard InChI is InChI=1S/C20H33N5O2/c1-7-21-19(23-13-20(6,26)18-9-8-17(5)27-18)22-11-14(2)12-25-16(4)10-15(3)24-25/h8-10,14,26H,7,11-13H2,1-6H3,(H2,21,22,23). The molecule has 2 atom stereocenters. The molecule has 0 saturated carbocycles. The van der Waals surface area contributed by atoms with E-state index in [9.17, 15) is 5.11 Å². The summed E-state index contributed by atoms with van der Waals surface area (Å²) in [6, 6.07) is 5.73. The molecule has 2 heterocycles. The van der Waals surface area contributed by atoms with Crippen molar-refractivity contribution in [1.82, 2.24) is 20.4 Å². The monoisotopic (exact) mass is 375 g/mol. The van der Waals surface area contributed by atoms with Crippen LogP contribution in [-0.2, 0) is 12.1 Å². The number of aliphatic imine (C=N–C) groups is 1. The van der Waals surface area contributed by atoms with Gasteiger partial charge in [-0.25, -0.2) is 4.99 Å². The molecule has 27 heavy (non-hydrogen) atoms. The quantitative estimate of drug-likeness (QED) is 0.487. The molecule has 0 aliphatic heterocycles. The van der Waals surface area contributed by atoms with Crippen molar-refractivity contribution in [2.45, 2.75) is 53.7 Å². The van der Waals surface area contributed by atoms with Crippen LogP contribution in [0.4, 0.5) is 0 Å². The van der Waals surface area contributed by atoms with Crippen LogP contribution in [0.25, 0.3) is 0 Å². The Bertz CT molecular complexity index is 760. The molecule has 0 bridgehead atoms. The zero-order chi connectivity index (χ0) is 20.0. The average molecular weight is 376 g/mol. The molecule has 7 heteroatoms. The van der Waals surface area contributed by atoms with Crippen LogP contribution < -0.4 is 10.6 Å². The van der Waals surface area contributed by atoms with E-state index in [0.717, 1.165) is 31.1 Å². The maximum Gasteiger partial charge on any atom is 0.191 e. The SMILES string of the molecule is CCNC(=NCC(C)(O)c1ccc(C)o1)NCC(C)Cn1nc(C)cc1C. The first-order chi connectivity index (χ1) is 12.7. The zero-order valence-electron chi connectivity index (χ0n) is 17.3. The number of aliphatic hydroxyl groups is 1. The number of hydrogen-bond acceptors (Lipinski definition) is 4. The molecule has 2 unspecified atom stereocenters. The molecule has 0 radical (unpaired) electrons. The molecular weight excluding hydrogens is 342 g/mol. The fourth-order valence-corrected chi connectivity index (χ4v) is 2.87. The fraction of sp³-hybridized carbons (Fsp3) is 0.600. The Kier molecular flexibility index (Phi) is 7.07. The fourth-order valence-electron chi connectivity index (χ4n) is 2.87. The number of hydrogen-bond donors (Lipinski definition) is 3. The second kappa shape index (κ2) is 9.08. The van der Waals surface area contributed by atoms with Gasteiger partial charge < -0.3 is 20.2 Å². The maximum absolute atomic E-state index is 10.7. The van der Waals surface area contributed by atoms with Gasteiger partial charge in [0.25, 0.3) is 0 Å². The van der Waals surface area contributed by atoms with Gasteiger partial charge in [-0.05, 0) is 58.7 Å². The molecule has 0 amide bonds. The molecule has 3 N–H and O–H groups in total. The van der Waals surface area contributed by atoms with E-state index in [1.54, 1.807) is 13.0 Å². The molecular formula is C20H33N5O2. The lowest BCUT2D eigenvalue weighted by Crippen LogP contribution is -2.41. The van der Waals surface area contributed by atoms with Crippen molar-refractivity contribution in [1.29, 1.82) is 0 Å². The van der Waals surface area contributed by atoms with E-state index in [-0.39, 0.29) is 6.54 Å². The summed E-state index contributed by atoms with van der Waals surface area (Å²) in [5.41, 5.74) is 1.06. The summed E-state index contributed by atoms with van der Waals surface area (Å²) in [7, 11) is 0. The second-order valence-corrected chi connectivity index (χ2v) is 7.47. The number of guanidine groups is 1. The van der Waals surface area contributed by atoms with Crippen LogP contribution >= 0.6 is 0 Å². The van der Waals surface area contributed by atoms with Crippen molar-refractivity contribution in [2.75, 3.05) is 19.6 Å². The van der Waals surface area contributed by atoms with Crippen molar-refractivity contribution >= 4 is 5.96 Å². The zero-order valence-corrected chi connectivity index (χ0v) is 17.3. The third-order valence-corrected chi connectivity index (χ3v) is 4.37. The van der Waals surface area contributed by atoms with Gasteiger partial charge in [-0.3, -0.25) is 4.68 Å². The molecule has 2 aromatic heterocycles. The van der Waals surface area contributed by atoms with Gasteiger partial charge in [0, 0.05) is 25.3 Å². The summed E-state index contributed by atoms with van der Waals surface area (Å²) in [6.07, 6.45) is 0. The summed E-state index contributed by atoms with van der Waals surface area (Å²) in [5.74, 6) is 2.36. The van der Waals surface area contributed by atoms with Crippen LogP contribution in [0.3, 0.4) is 0 Å². The normalized spacial score (nSPS) is 15.4. The molecule has 2 aromatic rings. The predicted octanol–water partition coefficient (Wildman–Crippen LogP) is 2.50. The van der Waals surface area contributed by atoms with Crippen LogP contribution in [0.5, 0.6) is 0 Å². The smallest absolute Gasteiger partial charge is 0.191 e. The van der Waals surface area contributed by atoms with E-state index >= 15 is 0 Å². The van der Waals surface area contributed by atoms with Gasteiger partial charge in [0.1, 0.15) is 17.1 Å². The Labute approximate surface area is 161 Å². The Hall–Kier alpha value is -2.28. The van der Waals surface area contributed by atoms with Crippen LogP contribution in [0.1, 0.15) is 43.7 Å². The van der Waals surface area contributed by atoms with E-state index in [0.29, 0.717) is 17.6 Å². The number of rotatable bonds is 8. The molecule has 0 spiro atoms. The van der Waals surface area contributed by atoms with Crippen LogP contribution in [-0.4, -0.2) is 40.5 Å². The molecule has 0 aromatic carbocycles. The van der Waals surface area contributed by atoms with Gasteiger partial charge in [-0.2, -0.15) is 5.10 Å². The van der Waals surface area contributed by atoms with Crippen LogP contribution in [0, 0.1) is 26.7 Å². The highest BCUT2D eigenvalue weighted by molar-refractivity contribution is 5.79. The van der Waals surface area contributed by atoms with Gasteiger partial charge in [0.15, 0.2) is 5.96 Å². The molecule has 0 aliphatic carbocycles. The minimum Gasteiger partial charge on any atom is -0.463 e. The van der Waals surface area contributed by atoms with Crippen molar-refractivity contribution in [2.24, 2.45) is 10.9 Å². The molecule has 0 aliphatic rings. The third kappa shape index (κ3) is 6.13. The molecule has 0 fully saturated rings. The van der Waals surface area contributed by atoms with Gasteiger partial charge in [0.2, 0.25) is 0 Å². The average Bonchev–Trinajstić information content (AvgIpc) is 3.16. The van der Waals surface area contributed by atoms with Gasteiger partial charge >= 0.3 is 0 Å².